The average Bonchev–Trinajstić information content (AvgIpc) is 3.23. The SMILES string of the molecule is CC(NC(=O)C(C)(N)C1CC1)C(=O)N1CCCCC1. The molecule has 2 amide bonds. The van der Waals surface area contributed by atoms with Crippen LogP contribution in [-0.2, 0) is 9.59 Å². The van der Waals surface area contributed by atoms with E-state index in [1.165, 1.54) is 6.42 Å². The van der Waals surface area contributed by atoms with Crippen LogP contribution in [0, 0.1) is 5.92 Å². The molecule has 2 unspecified atom stereocenters. The molecule has 19 heavy (non-hydrogen) atoms. The van der Waals surface area contributed by atoms with Gasteiger partial charge in [0.15, 0.2) is 0 Å². The van der Waals surface area contributed by atoms with Gasteiger partial charge in [-0.05, 0) is 51.9 Å². The first kappa shape index (κ1) is 14.3. The van der Waals surface area contributed by atoms with Crippen molar-refractivity contribution in [1.82, 2.24) is 10.2 Å². The molecule has 2 rings (SSSR count). The molecular formula is C14H25N3O2. The van der Waals surface area contributed by atoms with Gasteiger partial charge in [-0.25, -0.2) is 0 Å². The summed E-state index contributed by atoms with van der Waals surface area (Å²) in [4.78, 5) is 26.2. The number of amides is 2. The summed E-state index contributed by atoms with van der Waals surface area (Å²) in [5, 5.41) is 2.78. The molecule has 1 saturated heterocycles. The van der Waals surface area contributed by atoms with E-state index in [1.54, 1.807) is 13.8 Å². The fraction of sp³-hybridized carbons (Fsp3) is 0.857. The average molecular weight is 267 g/mol. The third kappa shape index (κ3) is 3.26. The molecule has 0 aromatic carbocycles. The molecule has 5 heteroatoms. The minimum Gasteiger partial charge on any atom is -0.343 e. The number of carbonyl (C=O) groups is 2. The van der Waals surface area contributed by atoms with E-state index in [-0.39, 0.29) is 17.7 Å². The maximum Gasteiger partial charge on any atom is 0.244 e. The van der Waals surface area contributed by atoms with Crippen LogP contribution in [0.2, 0.25) is 0 Å². The second-order valence-corrected chi connectivity index (χ2v) is 6.14. The minimum atomic E-state index is -0.837. The minimum absolute atomic E-state index is 0.0136. The highest BCUT2D eigenvalue weighted by molar-refractivity contribution is 5.92. The van der Waals surface area contributed by atoms with Crippen LogP contribution in [0.15, 0.2) is 0 Å². The molecule has 2 fully saturated rings. The summed E-state index contributed by atoms with van der Waals surface area (Å²) in [5.74, 6) is 0.0808. The molecule has 2 aliphatic rings. The van der Waals surface area contributed by atoms with Crippen LogP contribution in [0.3, 0.4) is 0 Å². The van der Waals surface area contributed by atoms with E-state index in [1.807, 2.05) is 4.90 Å². The van der Waals surface area contributed by atoms with Gasteiger partial charge < -0.3 is 16.0 Å². The van der Waals surface area contributed by atoms with Crippen molar-refractivity contribution in [3.8, 4) is 0 Å². The third-order valence-corrected chi connectivity index (χ3v) is 4.30. The number of likely N-dealkylation sites (tertiary alicyclic amines) is 1. The Morgan fingerprint density at radius 2 is 1.84 bits per heavy atom. The third-order valence-electron chi connectivity index (χ3n) is 4.30. The fourth-order valence-electron chi connectivity index (χ4n) is 2.67. The molecule has 5 nitrogen and oxygen atoms in total. The van der Waals surface area contributed by atoms with Gasteiger partial charge in [-0.1, -0.05) is 0 Å². The second-order valence-electron chi connectivity index (χ2n) is 6.14. The monoisotopic (exact) mass is 267 g/mol. The summed E-state index contributed by atoms with van der Waals surface area (Å²) in [5.41, 5.74) is 5.22. The molecule has 1 saturated carbocycles. The lowest BCUT2D eigenvalue weighted by Gasteiger charge is -2.31. The topological polar surface area (TPSA) is 75.4 Å². The van der Waals surface area contributed by atoms with E-state index in [4.69, 9.17) is 5.73 Å². The highest BCUT2D eigenvalue weighted by Gasteiger charge is 2.44. The number of nitrogens with zero attached hydrogens (tertiary/aromatic N) is 1. The second kappa shape index (κ2) is 5.49. The van der Waals surface area contributed by atoms with Gasteiger partial charge in [-0.3, -0.25) is 9.59 Å². The van der Waals surface area contributed by atoms with Crippen LogP contribution in [0.25, 0.3) is 0 Å². The van der Waals surface area contributed by atoms with E-state index in [9.17, 15) is 9.59 Å². The molecule has 3 N–H and O–H groups in total. The Morgan fingerprint density at radius 1 is 1.26 bits per heavy atom. The largest absolute Gasteiger partial charge is 0.343 e. The van der Waals surface area contributed by atoms with Gasteiger partial charge in [0.1, 0.15) is 6.04 Å². The van der Waals surface area contributed by atoms with Crippen molar-refractivity contribution >= 4 is 11.8 Å². The van der Waals surface area contributed by atoms with Gasteiger partial charge in [0, 0.05) is 13.1 Å². The summed E-state index contributed by atoms with van der Waals surface area (Å²) >= 11 is 0. The first-order valence-corrected chi connectivity index (χ1v) is 7.31. The van der Waals surface area contributed by atoms with Crippen LogP contribution in [-0.4, -0.2) is 41.4 Å². The molecule has 1 aliphatic carbocycles. The van der Waals surface area contributed by atoms with Gasteiger partial charge in [-0.2, -0.15) is 0 Å². The lowest BCUT2D eigenvalue weighted by Crippen LogP contribution is -2.58. The van der Waals surface area contributed by atoms with Gasteiger partial charge in [0.2, 0.25) is 11.8 Å². The fourth-order valence-corrected chi connectivity index (χ4v) is 2.67. The van der Waals surface area contributed by atoms with Crippen LogP contribution >= 0.6 is 0 Å². The van der Waals surface area contributed by atoms with Gasteiger partial charge in [0.25, 0.3) is 0 Å². The van der Waals surface area contributed by atoms with Crippen LogP contribution in [0.4, 0.5) is 0 Å². The van der Waals surface area contributed by atoms with Crippen molar-refractivity contribution in [3.63, 3.8) is 0 Å². The van der Waals surface area contributed by atoms with Crippen molar-refractivity contribution in [2.24, 2.45) is 11.7 Å². The highest BCUT2D eigenvalue weighted by atomic mass is 16.2. The molecule has 108 valence electrons. The van der Waals surface area contributed by atoms with Crippen molar-refractivity contribution in [1.29, 1.82) is 0 Å². The normalized spacial score (nSPS) is 24.5. The Bertz CT molecular complexity index is 358. The Hall–Kier alpha value is -1.10. The number of carbonyl (C=O) groups excluding carboxylic acids is 2. The number of rotatable bonds is 4. The lowest BCUT2D eigenvalue weighted by molar-refractivity contribution is -0.138. The Morgan fingerprint density at radius 3 is 2.37 bits per heavy atom. The first-order chi connectivity index (χ1) is 8.93. The summed E-state index contributed by atoms with van der Waals surface area (Å²) in [6.45, 7) is 5.12. The predicted molar refractivity (Wildman–Crippen MR) is 73.4 cm³/mol. The zero-order valence-electron chi connectivity index (χ0n) is 11.9. The van der Waals surface area contributed by atoms with Crippen molar-refractivity contribution in [3.05, 3.63) is 0 Å². The Balaban J connectivity index is 1.87. The van der Waals surface area contributed by atoms with Crippen LogP contribution in [0.5, 0.6) is 0 Å². The van der Waals surface area contributed by atoms with E-state index in [2.05, 4.69) is 5.32 Å². The zero-order valence-corrected chi connectivity index (χ0v) is 11.9. The van der Waals surface area contributed by atoms with Gasteiger partial charge >= 0.3 is 0 Å². The van der Waals surface area contributed by atoms with E-state index >= 15 is 0 Å². The van der Waals surface area contributed by atoms with Crippen LogP contribution < -0.4 is 11.1 Å². The molecule has 1 aliphatic heterocycles. The number of nitrogens with two attached hydrogens (primary N) is 1. The number of piperidine rings is 1. The maximum absolute atomic E-state index is 12.2. The van der Waals surface area contributed by atoms with E-state index < -0.39 is 11.6 Å². The Labute approximate surface area is 114 Å². The van der Waals surface area contributed by atoms with Crippen molar-refractivity contribution in [2.45, 2.75) is 57.5 Å². The maximum atomic E-state index is 12.2. The molecule has 2 atom stereocenters. The van der Waals surface area contributed by atoms with Gasteiger partial charge in [0.05, 0.1) is 5.54 Å². The standard InChI is InChI=1S/C14H25N3O2/c1-10(12(18)17-8-4-3-5-9-17)16-13(19)14(2,15)11-6-7-11/h10-11H,3-9,15H2,1-2H3,(H,16,19). The van der Waals surface area contributed by atoms with E-state index in [0.717, 1.165) is 38.8 Å². The molecule has 0 bridgehead atoms. The van der Waals surface area contributed by atoms with Gasteiger partial charge in [-0.15, -0.1) is 0 Å². The summed E-state index contributed by atoms with van der Waals surface area (Å²) in [7, 11) is 0. The lowest BCUT2D eigenvalue weighted by atomic mass is 9.96. The predicted octanol–water partition coefficient (Wildman–Crippen LogP) is 0.631. The zero-order chi connectivity index (χ0) is 14.0. The summed E-state index contributed by atoms with van der Waals surface area (Å²) < 4.78 is 0. The molecular weight excluding hydrogens is 242 g/mol. The Kier molecular flexibility index (Phi) is 4.13. The summed E-state index contributed by atoms with van der Waals surface area (Å²) in [6.07, 6.45) is 5.32. The first-order valence-electron chi connectivity index (χ1n) is 7.31. The molecule has 1 heterocycles. The van der Waals surface area contributed by atoms with Crippen molar-refractivity contribution in [2.75, 3.05) is 13.1 Å². The summed E-state index contributed by atoms with van der Waals surface area (Å²) in [6, 6.07) is -0.479. The number of hydrogen-bond acceptors (Lipinski definition) is 3. The highest BCUT2D eigenvalue weighted by Crippen LogP contribution is 2.38. The van der Waals surface area contributed by atoms with Crippen LogP contribution in [0.1, 0.15) is 46.0 Å². The smallest absolute Gasteiger partial charge is 0.244 e. The van der Waals surface area contributed by atoms with E-state index in [0.29, 0.717) is 0 Å². The number of hydrogen-bond donors (Lipinski definition) is 2. The molecule has 0 aromatic rings. The molecule has 0 aromatic heterocycles. The quantitative estimate of drug-likeness (QED) is 0.784. The molecule has 0 spiro atoms. The molecule has 0 radical (unpaired) electrons. The number of nitrogens with one attached hydrogen (secondary N) is 1. The van der Waals surface area contributed by atoms with Crippen molar-refractivity contribution < 1.29 is 9.59 Å².